The SMILES string of the molecule is CCCCCC/C=C\C/C=C\CCCCCCCC(=O)OC(COC(=O)CCCCCCC)COC(=O)CCCCCCCCCCCCCCC/C=C\CCCCCCCCCC. The zero-order valence-electron chi connectivity index (χ0n) is 42.8. The van der Waals surface area contributed by atoms with E-state index in [1.165, 1.54) is 167 Å². The largest absolute Gasteiger partial charge is 0.462 e. The fraction of sp³-hybridized carbons (Fsp3) is 0.845. The second-order valence-corrected chi connectivity index (χ2v) is 18.8. The van der Waals surface area contributed by atoms with Gasteiger partial charge in [-0.1, -0.05) is 237 Å². The van der Waals surface area contributed by atoms with Crippen LogP contribution in [0.1, 0.15) is 297 Å². The molecule has 0 aliphatic heterocycles. The molecule has 0 rings (SSSR count). The minimum absolute atomic E-state index is 0.0760. The van der Waals surface area contributed by atoms with E-state index in [9.17, 15) is 14.4 Å². The lowest BCUT2D eigenvalue weighted by Gasteiger charge is -2.18. The molecule has 0 radical (unpaired) electrons. The lowest BCUT2D eigenvalue weighted by Crippen LogP contribution is -2.30. The lowest BCUT2D eigenvalue weighted by atomic mass is 10.0. The molecule has 0 aliphatic carbocycles. The number of ether oxygens (including phenoxy) is 3. The highest BCUT2D eigenvalue weighted by Crippen LogP contribution is 2.16. The van der Waals surface area contributed by atoms with E-state index in [4.69, 9.17) is 14.2 Å². The van der Waals surface area contributed by atoms with Gasteiger partial charge < -0.3 is 14.2 Å². The molecule has 1 unspecified atom stereocenters. The van der Waals surface area contributed by atoms with Gasteiger partial charge in [0.25, 0.3) is 0 Å². The standard InChI is InChI=1S/C58H106O6/c1-4-7-10-13-15-17-19-21-23-25-26-27-28-29-30-31-32-33-35-36-38-40-42-45-48-51-57(60)63-54-55(53-62-56(59)50-47-44-12-9-6-3)64-58(61)52-49-46-43-41-39-37-34-24-22-20-18-16-14-11-8-5-2/h18,20,24-26,34,55H,4-17,19,21-23,27-33,35-54H2,1-3H3/b20-18-,26-25-,34-24-. The summed E-state index contributed by atoms with van der Waals surface area (Å²) < 4.78 is 16.7. The normalized spacial score (nSPS) is 12.2. The van der Waals surface area contributed by atoms with Crippen molar-refractivity contribution in [3.63, 3.8) is 0 Å². The van der Waals surface area contributed by atoms with Crippen LogP contribution in [0.25, 0.3) is 0 Å². The van der Waals surface area contributed by atoms with Gasteiger partial charge in [0.1, 0.15) is 13.2 Å². The molecule has 0 saturated heterocycles. The van der Waals surface area contributed by atoms with Crippen LogP contribution in [0.2, 0.25) is 0 Å². The van der Waals surface area contributed by atoms with Gasteiger partial charge in [0, 0.05) is 19.3 Å². The minimum Gasteiger partial charge on any atom is -0.462 e. The highest BCUT2D eigenvalue weighted by atomic mass is 16.6. The summed E-state index contributed by atoms with van der Waals surface area (Å²) in [7, 11) is 0. The summed E-state index contributed by atoms with van der Waals surface area (Å²) in [4.78, 5) is 37.7. The van der Waals surface area contributed by atoms with Gasteiger partial charge in [0.15, 0.2) is 6.10 Å². The molecule has 0 saturated carbocycles. The summed E-state index contributed by atoms with van der Waals surface area (Å²) in [6.45, 7) is 6.55. The van der Waals surface area contributed by atoms with Gasteiger partial charge in [-0.15, -0.1) is 0 Å². The molecule has 0 aromatic carbocycles. The molecule has 374 valence electrons. The molecule has 6 heteroatoms. The van der Waals surface area contributed by atoms with E-state index in [0.29, 0.717) is 19.3 Å². The molecule has 0 spiro atoms. The molecule has 0 aliphatic rings. The van der Waals surface area contributed by atoms with E-state index in [2.05, 4.69) is 57.2 Å². The van der Waals surface area contributed by atoms with Crippen molar-refractivity contribution in [3.8, 4) is 0 Å². The van der Waals surface area contributed by atoms with E-state index in [1.807, 2.05) is 0 Å². The van der Waals surface area contributed by atoms with Crippen molar-refractivity contribution in [1.29, 1.82) is 0 Å². The van der Waals surface area contributed by atoms with Crippen LogP contribution in [0.4, 0.5) is 0 Å². The van der Waals surface area contributed by atoms with Crippen molar-refractivity contribution >= 4 is 17.9 Å². The molecule has 0 bridgehead atoms. The Kier molecular flexibility index (Phi) is 51.3. The van der Waals surface area contributed by atoms with Gasteiger partial charge in [-0.2, -0.15) is 0 Å². The molecule has 0 amide bonds. The molecule has 0 heterocycles. The number of esters is 3. The molecule has 6 nitrogen and oxygen atoms in total. The number of carbonyl (C=O) groups excluding carboxylic acids is 3. The smallest absolute Gasteiger partial charge is 0.306 e. The Hall–Kier alpha value is -2.37. The van der Waals surface area contributed by atoms with E-state index >= 15 is 0 Å². The van der Waals surface area contributed by atoms with Gasteiger partial charge >= 0.3 is 17.9 Å². The number of carbonyl (C=O) groups is 3. The first-order valence-corrected chi connectivity index (χ1v) is 28.0. The number of hydrogen-bond donors (Lipinski definition) is 0. The maximum absolute atomic E-state index is 12.7. The highest BCUT2D eigenvalue weighted by molar-refractivity contribution is 5.71. The van der Waals surface area contributed by atoms with Crippen LogP contribution in [-0.2, 0) is 28.6 Å². The summed E-state index contributed by atoms with van der Waals surface area (Å²) in [6, 6.07) is 0. The van der Waals surface area contributed by atoms with Gasteiger partial charge in [-0.05, 0) is 77.0 Å². The third-order valence-electron chi connectivity index (χ3n) is 12.4. The monoisotopic (exact) mass is 899 g/mol. The molecule has 1 atom stereocenters. The van der Waals surface area contributed by atoms with Crippen molar-refractivity contribution < 1.29 is 28.6 Å². The van der Waals surface area contributed by atoms with Crippen molar-refractivity contribution in [3.05, 3.63) is 36.5 Å². The maximum atomic E-state index is 12.7. The molecule has 0 aromatic heterocycles. The zero-order valence-corrected chi connectivity index (χ0v) is 42.8. The van der Waals surface area contributed by atoms with Gasteiger partial charge in [0.05, 0.1) is 0 Å². The van der Waals surface area contributed by atoms with E-state index in [0.717, 1.165) is 89.9 Å². The Morgan fingerprint density at radius 1 is 0.312 bits per heavy atom. The third-order valence-corrected chi connectivity index (χ3v) is 12.4. The molecular weight excluding hydrogens is 793 g/mol. The fourth-order valence-electron chi connectivity index (χ4n) is 8.12. The van der Waals surface area contributed by atoms with Crippen LogP contribution in [0.5, 0.6) is 0 Å². The average molecular weight is 899 g/mol. The predicted molar refractivity (Wildman–Crippen MR) is 275 cm³/mol. The van der Waals surface area contributed by atoms with Gasteiger partial charge in [0.2, 0.25) is 0 Å². The molecule has 0 aromatic rings. The summed E-state index contributed by atoms with van der Waals surface area (Å²) in [6.07, 6.45) is 63.3. The van der Waals surface area contributed by atoms with Crippen LogP contribution in [0.15, 0.2) is 36.5 Å². The van der Waals surface area contributed by atoms with Crippen LogP contribution >= 0.6 is 0 Å². The average Bonchev–Trinajstić information content (AvgIpc) is 3.29. The molecule has 0 fully saturated rings. The topological polar surface area (TPSA) is 78.9 Å². The van der Waals surface area contributed by atoms with E-state index in [1.54, 1.807) is 0 Å². The summed E-state index contributed by atoms with van der Waals surface area (Å²) in [5, 5.41) is 0. The Balaban J connectivity index is 4.05. The Morgan fingerprint density at radius 3 is 0.891 bits per heavy atom. The first-order valence-electron chi connectivity index (χ1n) is 28.0. The number of rotatable bonds is 51. The summed E-state index contributed by atoms with van der Waals surface area (Å²) in [5.41, 5.74) is 0. The number of unbranched alkanes of at least 4 members (excludes halogenated alkanes) is 34. The summed E-state index contributed by atoms with van der Waals surface area (Å²) in [5.74, 6) is -0.893. The molecular formula is C58H106O6. The van der Waals surface area contributed by atoms with Gasteiger partial charge in [-0.3, -0.25) is 14.4 Å². The minimum atomic E-state index is -0.773. The number of allylic oxidation sites excluding steroid dienone is 6. The van der Waals surface area contributed by atoms with Gasteiger partial charge in [-0.25, -0.2) is 0 Å². The second-order valence-electron chi connectivity index (χ2n) is 18.8. The maximum Gasteiger partial charge on any atom is 0.306 e. The molecule has 64 heavy (non-hydrogen) atoms. The number of hydrogen-bond acceptors (Lipinski definition) is 6. The fourth-order valence-corrected chi connectivity index (χ4v) is 8.12. The Morgan fingerprint density at radius 2 is 0.562 bits per heavy atom. The Bertz CT molecular complexity index is 1080. The first-order chi connectivity index (χ1) is 31.5. The predicted octanol–water partition coefficient (Wildman–Crippen LogP) is 18.5. The second kappa shape index (κ2) is 53.2. The van der Waals surface area contributed by atoms with Crippen LogP contribution < -0.4 is 0 Å². The van der Waals surface area contributed by atoms with E-state index < -0.39 is 6.10 Å². The first kappa shape index (κ1) is 61.6. The van der Waals surface area contributed by atoms with Crippen molar-refractivity contribution in [2.75, 3.05) is 13.2 Å². The summed E-state index contributed by atoms with van der Waals surface area (Å²) >= 11 is 0. The Labute approximate surface area is 397 Å². The van der Waals surface area contributed by atoms with Crippen LogP contribution in [0.3, 0.4) is 0 Å². The van der Waals surface area contributed by atoms with Crippen molar-refractivity contribution in [2.45, 2.75) is 303 Å². The van der Waals surface area contributed by atoms with Crippen molar-refractivity contribution in [2.24, 2.45) is 0 Å². The lowest BCUT2D eigenvalue weighted by molar-refractivity contribution is -0.167. The third kappa shape index (κ3) is 50.6. The van der Waals surface area contributed by atoms with Crippen LogP contribution in [0, 0.1) is 0 Å². The highest BCUT2D eigenvalue weighted by Gasteiger charge is 2.19. The van der Waals surface area contributed by atoms with Crippen LogP contribution in [-0.4, -0.2) is 37.2 Å². The van der Waals surface area contributed by atoms with E-state index in [-0.39, 0.29) is 31.1 Å². The van der Waals surface area contributed by atoms with Crippen molar-refractivity contribution in [1.82, 2.24) is 0 Å². The molecule has 0 N–H and O–H groups in total. The quantitative estimate of drug-likeness (QED) is 0.0262. The zero-order chi connectivity index (χ0) is 46.5.